The van der Waals surface area contributed by atoms with E-state index in [0.29, 0.717) is 0 Å². The smallest absolute Gasteiger partial charge is 0.323 e. The minimum atomic E-state index is -4.05. The number of aliphatic carboxylic acids is 1. The van der Waals surface area contributed by atoms with E-state index in [1.54, 1.807) is 0 Å². The maximum absolute atomic E-state index is 12.6. The van der Waals surface area contributed by atoms with Gasteiger partial charge in [-0.3, -0.25) is 9.69 Å². The van der Waals surface area contributed by atoms with Crippen molar-refractivity contribution in [1.82, 2.24) is 4.90 Å². The van der Waals surface area contributed by atoms with Crippen molar-refractivity contribution in [3.8, 4) is 0 Å². The molecule has 1 rings (SSSR count). The summed E-state index contributed by atoms with van der Waals surface area (Å²) in [6.07, 6.45) is -0.411. The second-order valence-electron chi connectivity index (χ2n) is 3.26. The van der Waals surface area contributed by atoms with Crippen molar-refractivity contribution in [1.29, 1.82) is 0 Å². The number of hydrogen-bond acceptors (Lipinski definition) is 2. The van der Waals surface area contributed by atoms with Crippen LogP contribution >= 0.6 is 0 Å². The van der Waals surface area contributed by atoms with Gasteiger partial charge in [0.15, 0.2) is 0 Å². The second-order valence-corrected chi connectivity index (χ2v) is 3.26. The molecule has 0 atom stereocenters. The topological polar surface area (TPSA) is 40.5 Å². The first-order chi connectivity index (χ1) is 6.24. The first-order valence-corrected chi connectivity index (χ1v) is 3.94. The summed E-state index contributed by atoms with van der Waals surface area (Å²) in [7, 11) is 0. The Labute approximate surface area is 77.3 Å². The monoisotopic (exact) mass is 215 g/mol. The zero-order chi connectivity index (χ0) is 11.0. The third-order valence-electron chi connectivity index (χ3n) is 2.02. The van der Waals surface area contributed by atoms with Gasteiger partial charge >= 0.3 is 17.8 Å². The summed E-state index contributed by atoms with van der Waals surface area (Å²) in [5, 5.41) is 8.23. The van der Waals surface area contributed by atoms with Gasteiger partial charge in [0.1, 0.15) is 0 Å². The predicted octanol–water partition coefficient (Wildman–Crippen LogP) is 1.05. The summed E-state index contributed by atoms with van der Waals surface area (Å²) < 4.78 is 50.2. The van der Waals surface area contributed by atoms with Crippen molar-refractivity contribution >= 4 is 5.97 Å². The molecule has 0 amide bonds. The van der Waals surface area contributed by atoms with Gasteiger partial charge in [-0.25, -0.2) is 0 Å². The Morgan fingerprint density at radius 1 is 1.21 bits per heavy atom. The molecule has 7 heteroatoms. The molecule has 1 heterocycles. The van der Waals surface area contributed by atoms with E-state index in [9.17, 15) is 22.4 Å². The normalized spacial score (nSPS) is 25.1. The quantitative estimate of drug-likeness (QED) is 0.715. The SMILES string of the molecule is O=C(O)CCN1CC(F)(F)C(F)(F)C1. The lowest BCUT2D eigenvalue weighted by Gasteiger charge is -2.15. The van der Waals surface area contributed by atoms with Crippen molar-refractivity contribution in [3.63, 3.8) is 0 Å². The first kappa shape index (κ1) is 11.2. The van der Waals surface area contributed by atoms with Crippen LogP contribution in [-0.4, -0.2) is 47.5 Å². The summed E-state index contributed by atoms with van der Waals surface area (Å²) in [6, 6.07) is 0. The Kier molecular flexibility index (Phi) is 2.71. The van der Waals surface area contributed by atoms with E-state index in [1.807, 2.05) is 0 Å². The van der Waals surface area contributed by atoms with Crippen LogP contribution in [0.4, 0.5) is 17.6 Å². The summed E-state index contributed by atoms with van der Waals surface area (Å²) in [5.74, 6) is -9.29. The van der Waals surface area contributed by atoms with Gasteiger partial charge in [-0.1, -0.05) is 0 Å². The lowest BCUT2D eigenvalue weighted by atomic mass is 10.2. The van der Waals surface area contributed by atoms with Crippen LogP contribution in [0.1, 0.15) is 6.42 Å². The van der Waals surface area contributed by atoms with Gasteiger partial charge in [0.05, 0.1) is 19.5 Å². The number of carbonyl (C=O) groups is 1. The van der Waals surface area contributed by atoms with Crippen LogP contribution in [0.5, 0.6) is 0 Å². The number of likely N-dealkylation sites (tertiary alicyclic amines) is 1. The van der Waals surface area contributed by atoms with E-state index >= 15 is 0 Å². The van der Waals surface area contributed by atoms with Gasteiger partial charge in [-0.05, 0) is 0 Å². The number of rotatable bonds is 3. The van der Waals surface area contributed by atoms with Gasteiger partial charge in [-0.15, -0.1) is 0 Å². The number of alkyl halides is 4. The van der Waals surface area contributed by atoms with Crippen molar-refractivity contribution in [2.45, 2.75) is 18.3 Å². The first-order valence-electron chi connectivity index (χ1n) is 3.94. The average Bonchev–Trinajstić information content (AvgIpc) is 2.17. The zero-order valence-corrected chi connectivity index (χ0v) is 7.14. The largest absolute Gasteiger partial charge is 0.481 e. The zero-order valence-electron chi connectivity index (χ0n) is 7.14. The molecule has 0 aromatic rings. The predicted molar refractivity (Wildman–Crippen MR) is 38.6 cm³/mol. The fourth-order valence-corrected chi connectivity index (χ4v) is 1.26. The van der Waals surface area contributed by atoms with E-state index in [2.05, 4.69) is 0 Å². The molecule has 0 saturated carbocycles. The molecule has 0 radical (unpaired) electrons. The highest BCUT2D eigenvalue weighted by molar-refractivity contribution is 5.66. The highest BCUT2D eigenvalue weighted by Gasteiger charge is 2.62. The van der Waals surface area contributed by atoms with E-state index in [4.69, 9.17) is 5.11 Å². The standard InChI is InChI=1S/C7H9F4NO2/c8-6(9)3-12(2-1-5(13)14)4-7(6,10)11/h1-4H2,(H,13,14). The van der Waals surface area contributed by atoms with Crippen molar-refractivity contribution in [2.75, 3.05) is 19.6 Å². The summed E-state index contributed by atoms with van der Waals surface area (Å²) in [5.41, 5.74) is 0. The number of nitrogens with zero attached hydrogens (tertiary/aromatic N) is 1. The Hall–Kier alpha value is -0.850. The van der Waals surface area contributed by atoms with Crippen LogP contribution in [0.25, 0.3) is 0 Å². The Balaban J connectivity index is 2.51. The highest BCUT2D eigenvalue weighted by atomic mass is 19.3. The van der Waals surface area contributed by atoms with Crippen LogP contribution in [-0.2, 0) is 4.79 Å². The fraction of sp³-hybridized carbons (Fsp3) is 0.857. The number of halogens is 4. The molecular weight excluding hydrogens is 206 g/mol. The van der Waals surface area contributed by atoms with Gasteiger partial charge in [0, 0.05) is 6.54 Å². The van der Waals surface area contributed by atoms with Gasteiger partial charge < -0.3 is 5.11 Å². The van der Waals surface area contributed by atoms with Crippen LogP contribution < -0.4 is 0 Å². The van der Waals surface area contributed by atoms with Crippen molar-refractivity contribution in [3.05, 3.63) is 0 Å². The second kappa shape index (κ2) is 3.38. The fourth-order valence-electron chi connectivity index (χ4n) is 1.26. The van der Waals surface area contributed by atoms with E-state index in [-0.39, 0.29) is 6.54 Å². The minimum absolute atomic E-state index is 0.277. The van der Waals surface area contributed by atoms with Gasteiger partial charge in [0.2, 0.25) is 0 Å². The van der Waals surface area contributed by atoms with Gasteiger partial charge in [0.25, 0.3) is 0 Å². The molecule has 0 spiro atoms. The van der Waals surface area contributed by atoms with Crippen LogP contribution in [0, 0.1) is 0 Å². The molecule has 3 nitrogen and oxygen atoms in total. The molecule has 0 unspecified atom stereocenters. The molecule has 1 saturated heterocycles. The molecule has 0 aliphatic carbocycles. The summed E-state index contributed by atoms with van der Waals surface area (Å²) in [6.45, 7) is -2.43. The summed E-state index contributed by atoms with van der Waals surface area (Å²) >= 11 is 0. The van der Waals surface area contributed by atoms with Crippen molar-refractivity contribution < 1.29 is 27.5 Å². The lowest BCUT2D eigenvalue weighted by molar-refractivity contribution is -0.172. The Bertz CT molecular complexity index is 228. The van der Waals surface area contributed by atoms with E-state index < -0.39 is 37.3 Å². The van der Waals surface area contributed by atoms with Crippen LogP contribution in [0.15, 0.2) is 0 Å². The van der Waals surface area contributed by atoms with Crippen molar-refractivity contribution in [2.24, 2.45) is 0 Å². The molecule has 1 aliphatic heterocycles. The number of carboxylic acid groups (broad SMARTS) is 1. The van der Waals surface area contributed by atoms with Crippen LogP contribution in [0.2, 0.25) is 0 Å². The number of carboxylic acids is 1. The molecule has 1 fully saturated rings. The Morgan fingerprint density at radius 2 is 1.64 bits per heavy atom. The van der Waals surface area contributed by atoms with Gasteiger partial charge in [-0.2, -0.15) is 17.6 Å². The highest BCUT2D eigenvalue weighted by Crippen LogP contribution is 2.40. The molecule has 0 aromatic carbocycles. The Morgan fingerprint density at radius 3 is 2.00 bits per heavy atom. The average molecular weight is 215 g/mol. The van der Waals surface area contributed by atoms with Crippen LogP contribution in [0.3, 0.4) is 0 Å². The lowest BCUT2D eigenvalue weighted by Crippen LogP contribution is -2.38. The third-order valence-corrected chi connectivity index (χ3v) is 2.02. The maximum atomic E-state index is 12.6. The molecule has 0 bridgehead atoms. The van der Waals surface area contributed by atoms with E-state index in [1.165, 1.54) is 0 Å². The third kappa shape index (κ3) is 2.14. The summed E-state index contributed by atoms with van der Waals surface area (Å²) in [4.78, 5) is 10.8. The molecule has 1 aliphatic rings. The molecule has 1 N–H and O–H groups in total. The minimum Gasteiger partial charge on any atom is -0.481 e. The molecule has 82 valence electrons. The number of hydrogen-bond donors (Lipinski definition) is 1. The molecule has 0 aromatic heterocycles. The van der Waals surface area contributed by atoms with E-state index in [0.717, 1.165) is 4.90 Å². The molecule has 14 heavy (non-hydrogen) atoms. The molecular formula is C7H9F4NO2. The maximum Gasteiger partial charge on any atom is 0.323 e.